The van der Waals surface area contributed by atoms with Crippen LogP contribution in [-0.4, -0.2) is 23.1 Å². The number of aliphatic hydroxyl groups is 1. The van der Waals surface area contributed by atoms with Crippen LogP contribution in [0.2, 0.25) is 10.0 Å². The molecule has 0 aliphatic rings. The number of carbonyl (C=O) groups is 1. The molecule has 0 saturated carbocycles. The summed E-state index contributed by atoms with van der Waals surface area (Å²) in [6, 6.07) is 21.4. The molecule has 3 aromatic carbocycles. The maximum Gasteiger partial charge on any atom is 0.251 e. The number of nitrogens with one attached hydrogen (secondary N) is 3. The third kappa shape index (κ3) is 5.57. The maximum absolute atomic E-state index is 12.7. The Bertz CT molecular complexity index is 977. The van der Waals surface area contributed by atoms with Gasteiger partial charge in [-0.2, -0.15) is 0 Å². The number of hydrogen-bond acceptors (Lipinski definition) is 3. The average molecular weight is 428 g/mol. The number of amides is 1. The van der Waals surface area contributed by atoms with Crippen LogP contribution in [0.5, 0.6) is 0 Å². The van der Waals surface area contributed by atoms with E-state index in [9.17, 15) is 9.90 Å². The zero-order chi connectivity index (χ0) is 20.8. The molecular formula is C22H19Cl2N3O2. The summed E-state index contributed by atoms with van der Waals surface area (Å²) in [5.74, 6) is -0.356. The predicted octanol–water partition coefficient (Wildman–Crippen LogP) is 4.40. The lowest BCUT2D eigenvalue weighted by Crippen LogP contribution is -2.46. The third-order valence-corrected chi connectivity index (χ3v) is 4.80. The molecule has 5 nitrogen and oxygen atoms in total. The highest BCUT2D eigenvalue weighted by Crippen LogP contribution is 2.18. The first kappa shape index (κ1) is 20.9. The van der Waals surface area contributed by atoms with Crippen molar-refractivity contribution in [1.82, 2.24) is 10.6 Å². The van der Waals surface area contributed by atoms with Gasteiger partial charge in [0.05, 0.1) is 6.04 Å². The first-order valence-corrected chi connectivity index (χ1v) is 9.60. The van der Waals surface area contributed by atoms with Gasteiger partial charge in [0.1, 0.15) is 12.1 Å². The van der Waals surface area contributed by atoms with E-state index in [4.69, 9.17) is 28.6 Å². The highest BCUT2D eigenvalue weighted by Gasteiger charge is 2.24. The van der Waals surface area contributed by atoms with Gasteiger partial charge >= 0.3 is 0 Å². The zero-order valence-electron chi connectivity index (χ0n) is 15.3. The quantitative estimate of drug-likeness (QED) is 0.267. The van der Waals surface area contributed by atoms with E-state index in [0.29, 0.717) is 26.7 Å². The highest BCUT2D eigenvalue weighted by atomic mass is 35.5. The summed E-state index contributed by atoms with van der Waals surface area (Å²) in [5, 5.41) is 25.6. The molecule has 0 aliphatic carbocycles. The fraction of sp³-hybridized carbons (Fsp3) is 0.0909. The number of aliphatic hydroxyl groups excluding tert-OH is 1. The fourth-order valence-electron chi connectivity index (χ4n) is 2.76. The van der Waals surface area contributed by atoms with Crippen molar-refractivity contribution in [2.24, 2.45) is 0 Å². The van der Waals surface area contributed by atoms with Gasteiger partial charge in [-0.1, -0.05) is 53.5 Å². The van der Waals surface area contributed by atoms with Crippen molar-refractivity contribution in [3.05, 3.63) is 106 Å². The Labute approximate surface area is 178 Å². The van der Waals surface area contributed by atoms with Crippen LogP contribution in [0, 0.1) is 5.41 Å². The van der Waals surface area contributed by atoms with Gasteiger partial charge in [-0.3, -0.25) is 10.2 Å². The lowest BCUT2D eigenvalue weighted by atomic mass is 10.0. The summed E-state index contributed by atoms with van der Waals surface area (Å²) in [6.07, 6.45) is -1.24. The first-order chi connectivity index (χ1) is 13.9. The molecule has 148 valence electrons. The Morgan fingerprint density at radius 2 is 1.31 bits per heavy atom. The van der Waals surface area contributed by atoms with E-state index in [1.807, 2.05) is 18.2 Å². The number of rotatable bonds is 6. The topological polar surface area (TPSA) is 85.2 Å². The second-order valence-electron chi connectivity index (χ2n) is 6.34. The molecule has 2 atom stereocenters. The minimum Gasteiger partial charge on any atom is -0.371 e. The van der Waals surface area contributed by atoms with Crippen molar-refractivity contribution in [3.8, 4) is 0 Å². The Hall–Kier alpha value is -2.86. The van der Waals surface area contributed by atoms with Crippen molar-refractivity contribution < 1.29 is 9.90 Å². The standard InChI is InChI=1S/C22H19Cl2N3O2/c23-17-10-6-15(7-11-17)20(25)27-22(29)19(14-4-2-1-3-5-14)26-21(28)16-8-12-18(24)13-9-16/h1-13,19,22,29H,(H2,25,27)(H,26,28). The van der Waals surface area contributed by atoms with E-state index >= 15 is 0 Å². The second-order valence-corrected chi connectivity index (χ2v) is 7.21. The van der Waals surface area contributed by atoms with Crippen LogP contribution in [0.4, 0.5) is 0 Å². The molecule has 0 fully saturated rings. The molecule has 0 radical (unpaired) electrons. The van der Waals surface area contributed by atoms with Gasteiger partial charge in [0.15, 0.2) is 0 Å². The molecule has 2 unspecified atom stereocenters. The smallest absolute Gasteiger partial charge is 0.251 e. The van der Waals surface area contributed by atoms with Gasteiger partial charge < -0.3 is 15.7 Å². The lowest BCUT2D eigenvalue weighted by Gasteiger charge is -2.26. The van der Waals surface area contributed by atoms with Gasteiger partial charge in [-0.25, -0.2) is 0 Å². The molecule has 29 heavy (non-hydrogen) atoms. The van der Waals surface area contributed by atoms with Gasteiger partial charge in [-0.15, -0.1) is 0 Å². The van der Waals surface area contributed by atoms with Gasteiger partial charge in [-0.05, 0) is 54.1 Å². The van der Waals surface area contributed by atoms with E-state index < -0.39 is 12.3 Å². The molecule has 0 heterocycles. The summed E-state index contributed by atoms with van der Waals surface area (Å²) in [7, 11) is 0. The normalized spacial score (nSPS) is 12.7. The van der Waals surface area contributed by atoms with E-state index in [1.54, 1.807) is 60.7 Å². The Kier molecular flexibility index (Phi) is 6.88. The van der Waals surface area contributed by atoms with Crippen molar-refractivity contribution in [1.29, 1.82) is 5.41 Å². The van der Waals surface area contributed by atoms with Crippen molar-refractivity contribution in [2.45, 2.75) is 12.3 Å². The van der Waals surface area contributed by atoms with Gasteiger partial charge in [0.25, 0.3) is 5.91 Å². The molecule has 0 saturated heterocycles. The minimum absolute atomic E-state index is 0.0100. The summed E-state index contributed by atoms with van der Waals surface area (Å²) < 4.78 is 0. The van der Waals surface area contributed by atoms with Crippen LogP contribution >= 0.6 is 23.2 Å². The molecule has 3 rings (SSSR count). The largest absolute Gasteiger partial charge is 0.371 e. The molecule has 0 spiro atoms. The monoisotopic (exact) mass is 427 g/mol. The van der Waals surface area contributed by atoms with Crippen molar-refractivity contribution in [2.75, 3.05) is 0 Å². The third-order valence-electron chi connectivity index (χ3n) is 4.29. The summed E-state index contributed by atoms with van der Waals surface area (Å²) in [6.45, 7) is 0. The number of benzene rings is 3. The van der Waals surface area contributed by atoms with E-state index in [0.717, 1.165) is 0 Å². The average Bonchev–Trinajstić information content (AvgIpc) is 2.73. The van der Waals surface area contributed by atoms with E-state index in [-0.39, 0.29) is 11.7 Å². The van der Waals surface area contributed by atoms with Gasteiger partial charge in [0, 0.05) is 21.2 Å². The van der Waals surface area contributed by atoms with Crippen LogP contribution in [0.15, 0.2) is 78.9 Å². The molecule has 0 bridgehead atoms. The first-order valence-electron chi connectivity index (χ1n) is 8.84. The van der Waals surface area contributed by atoms with Crippen LogP contribution in [0.3, 0.4) is 0 Å². The molecule has 3 aromatic rings. The van der Waals surface area contributed by atoms with E-state index in [2.05, 4.69) is 10.6 Å². The van der Waals surface area contributed by atoms with Crippen LogP contribution in [0.1, 0.15) is 27.5 Å². The molecular weight excluding hydrogens is 409 g/mol. The molecule has 1 amide bonds. The van der Waals surface area contributed by atoms with Crippen LogP contribution in [0.25, 0.3) is 0 Å². The second kappa shape index (κ2) is 9.56. The molecule has 0 aliphatic heterocycles. The minimum atomic E-state index is -1.24. The van der Waals surface area contributed by atoms with Crippen molar-refractivity contribution in [3.63, 3.8) is 0 Å². The van der Waals surface area contributed by atoms with Crippen molar-refractivity contribution >= 4 is 34.9 Å². The fourth-order valence-corrected chi connectivity index (χ4v) is 3.01. The van der Waals surface area contributed by atoms with Gasteiger partial charge in [0.2, 0.25) is 0 Å². The Morgan fingerprint density at radius 1 is 0.793 bits per heavy atom. The number of hydrogen-bond donors (Lipinski definition) is 4. The van der Waals surface area contributed by atoms with E-state index in [1.165, 1.54) is 0 Å². The predicted molar refractivity (Wildman–Crippen MR) is 116 cm³/mol. The lowest BCUT2D eigenvalue weighted by molar-refractivity contribution is 0.0799. The molecule has 0 aromatic heterocycles. The summed E-state index contributed by atoms with van der Waals surface area (Å²) >= 11 is 11.8. The number of carbonyl (C=O) groups excluding carboxylic acids is 1. The SMILES string of the molecule is N=C(NC(O)C(NC(=O)c1ccc(Cl)cc1)c1ccccc1)c1ccc(Cl)cc1. The Morgan fingerprint density at radius 3 is 1.86 bits per heavy atom. The molecule has 7 heteroatoms. The summed E-state index contributed by atoms with van der Waals surface area (Å²) in [4.78, 5) is 12.7. The number of amidine groups is 1. The number of halogens is 2. The zero-order valence-corrected chi connectivity index (χ0v) is 16.8. The van der Waals surface area contributed by atoms with Crippen LogP contribution < -0.4 is 10.6 Å². The highest BCUT2D eigenvalue weighted by molar-refractivity contribution is 6.31. The summed E-state index contributed by atoms with van der Waals surface area (Å²) in [5.41, 5.74) is 1.67. The van der Waals surface area contributed by atoms with Crippen LogP contribution in [-0.2, 0) is 0 Å². The molecule has 4 N–H and O–H groups in total. The maximum atomic E-state index is 12.7. The Balaban J connectivity index is 1.79.